The van der Waals surface area contributed by atoms with E-state index in [0.29, 0.717) is 0 Å². The molecule has 1 atom stereocenters. The molecule has 3 heteroatoms. The van der Waals surface area contributed by atoms with E-state index in [9.17, 15) is 9.59 Å². The maximum atomic E-state index is 11.4. The van der Waals surface area contributed by atoms with Crippen LogP contribution in [0.15, 0.2) is 35.5 Å². The van der Waals surface area contributed by atoms with Gasteiger partial charge >= 0.3 is 5.97 Å². The quantitative estimate of drug-likeness (QED) is 0.539. The highest BCUT2D eigenvalue weighted by Gasteiger charge is 2.19. The lowest BCUT2D eigenvalue weighted by molar-refractivity contribution is -0.149. The zero-order valence-corrected chi connectivity index (χ0v) is 9.82. The first-order valence-corrected chi connectivity index (χ1v) is 5.24. The Balaban J connectivity index is 2.49. The zero-order chi connectivity index (χ0) is 12.1. The summed E-state index contributed by atoms with van der Waals surface area (Å²) in [5.41, 5.74) is 2.04. The van der Waals surface area contributed by atoms with Gasteiger partial charge in [-0.2, -0.15) is 0 Å². The van der Waals surface area contributed by atoms with Crippen LogP contribution in [0.1, 0.15) is 20.8 Å². The van der Waals surface area contributed by atoms with Gasteiger partial charge in [0.15, 0.2) is 0 Å². The number of carbonyl (C=O) groups excluding carboxylic acids is 2. The first kappa shape index (κ1) is 12.4. The smallest absolute Gasteiger partial charge is 0.316 e. The van der Waals surface area contributed by atoms with E-state index < -0.39 is 11.9 Å². The minimum atomic E-state index is -0.674. The highest BCUT2D eigenvalue weighted by atomic mass is 16.5. The Kier molecular flexibility index (Phi) is 4.23. The van der Waals surface area contributed by atoms with Crippen LogP contribution in [0.5, 0.6) is 0 Å². The van der Waals surface area contributed by atoms with Crippen LogP contribution in [0.25, 0.3) is 0 Å². The van der Waals surface area contributed by atoms with E-state index in [1.54, 1.807) is 6.92 Å². The van der Waals surface area contributed by atoms with Gasteiger partial charge < -0.3 is 4.74 Å². The summed E-state index contributed by atoms with van der Waals surface area (Å²) >= 11 is 0. The van der Waals surface area contributed by atoms with Gasteiger partial charge in [-0.1, -0.05) is 24.3 Å². The molecule has 0 bridgehead atoms. The van der Waals surface area contributed by atoms with Crippen molar-refractivity contribution in [1.29, 1.82) is 0 Å². The fourth-order valence-electron chi connectivity index (χ4n) is 1.21. The SMILES string of the molecule is CC(=O)C(C)C(=O)OCC(C)=C1C=CC=C1. The van der Waals surface area contributed by atoms with Crippen LogP contribution in [-0.2, 0) is 14.3 Å². The lowest BCUT2D eigenvalue weighted by Crippen LogP contribution is -2.21. The molecule has 0 aromatic heterocycles. The number of rotatable bonds is 4. The maximum absolute atomic E-state index is 11.4. The van der Waals surface area contributed by atoms with E-state index in [1.807, 2.05) is 31.2 Å². The van der Waals surface area contributed by atoms with Crippen LogP contribution >= 0.6 is 0 Å². The molecule has 16 heavy (non-hydrogen) atoms. The molecule has 86 valence electrons. The normalized spacial score (nSPS) is 15.1. The Morgan fingerprint density at radius 1 is 1.25 bits per heavy atom. The molecule has 0 amide bonds. The van der Waals surface area contributed by atoms with Crippen molar-refractivity contribution in [3.05, 3.63) is 35.5 Å². The van der Waals surface area contributed by atoms with Crippen molar-refractivity contribution < 1.29 is 14.3 Å². The fourth-order valence-corrected chi connectivity index (χ4v) is 1.21. The second-order valence-electron chi connectivity index (χ2n) is 3.89. The molecule has 0 N–H and O–H groups in total. The third kappa shape index (κ3) is 3.19. The van der Waals surface area contributed by atoms with Crippen LogP contribution in [0.4, 0.5) is 0 Å². The minimum Gasteiger partial charge on any atom is -0.461 e. The molecule has 1 aliphatic rings. The Labute approximate surface area is 95.5 Å². The molecule has 3 nitrogen and oxygen atoms in total. The van der Waals surface area contributed by atoms with Gasteiger partial charge in [0.1, 0.15) is 18.3 Å². The van der Waals surface area contributed by atoms with Crippen LogP contribution < -0.4 is 0 Å². The summed E-state index contributed by atoms with van der Waals surface area (Å²) < 4.78 is 5.05. The molecule has 0 aromatic carbocycles. The molecule has 1 rings (SSSR count). The molecule has 1 aliphatic carbocycles. The molecular weight excluding hydrogens is 204 g/mol. The van der Waals surface area contributed by atoms with Gasteiger partial charge in [-0.25, -0.2) is 0 Å². The summed E-state index contributed by atoms with van der Waals surface area (Å²) in [5, 5.41) is 0. The molecular formula is C13H16O3. The van der Waals surface area contributed by atoms with Crippen molar-refractivity contribution in [2.75, 3.05) is 6.61 Å². The largest absolute Gasteiger partial charge is 0.461 e. The Hall–Kier alpha value is -1.64. The van der Waals surface area contributed by atoms with Crippen LogP contribution in [-0.4, -0.2) is 18.4 Å². The van der Waals surface area contributed by atoms with Crippen molar-refractivity contribution in [3.8, 4) is 0 Å². The van der Waals surface area contributed by atoms with Gasteiger partial charge in [0.05, 0.1) is 0 Å². The highest BCUT2D eigenvalue weighted by Crippen LogP contribution is 2.13. The second kappa shape index (κ2) is 5.45. The van der Waals surface area contributed by atoms with Gasteiger partial charge in [-0.3, -0.25) is 9.59 Å². The van der Waals surface area contributed by atoms with Gasteiger partial charge in [0.25, 0.3) is 0 Å². The molecule has 0 aromatic rings. The molecule has 0 radical (unpaired) electrons. The number of ketones is 1. The fraction of sp³-hybridized carbons (Fsp3) is 0.385. The van der Waals surface area contributed by atoms with Gasteiger partial charge in [0, 0.05) is 0 Å². The minimum absolute atomic E-state index is 0.170. The van der Waals surface area contributed by atoms with Crippen LogP contribution in [0.2, 0.25) is 0 Å². The first-order valence-electron chi connectivity index (χ1n) is 5.24. The average molecular weight is 220 g/mol. The molecule has 0 aliphatic heterocycles. The molecule has 0 fully saturated rings. The van der Waals surface area contributed by atoms with E-state index >= 15 is 0 Å². The van der Waals surface area contributed by atoms with Crippen molar-refractivity contribution in [3.63, 3.8) is 0 Å². The molecule has 0 saturated carbocycles. The molecule has 0 saturated heterocycles. The summed E-state index contributed by atoms with van der Waals surface area (Å²) in [6.07, 6.45) is 7.77. The van der Waals surface area contributed by atoms with E-state index in [2.05, 4.69) is 0 Å². The number of Topliss-reactive ketones (excluding diaryl/α,β-unsaturated/α-hetero) is 1. The Bertz CT molecular complexity index is 372. The number of ether oxygens (including phenoxy) is 1. The van der Waals surface area contributed by atoms with E-state index in [0.717, 1.165) is 11.1 Å². The lowest BCUT2D eigenvalue weighted by Gasteiger charge is -2.09. The molecule has 0 spiro atoms. The van der Waals surface area contributed by atoms with Gasteiger partial charge in [0.2, 0.25) is 0 Å². The molecule has 0 heterocycles. The maximum Gasteiger partial charge on any atom is 0.316 e. The van der Waals surface area contributed by atoms with Crippen molar-refractivity contribution in [2.24, 2.45) is 5.92 Å². The van der Waals surface area contributed by atoms with Gasteiger partial charge in [-0.15, -0.1) is 0 Å². The Morgan fingerprint density at radius 3 is 2.31 bits per heavy atom. The molecule has 1 unspecified atom stereocenters. The predicted molar refractivity (Wildman–Crippen MR) is 61.8 cm³/mol. The number of esters is 1. The third-order valence-electron chi connectivity index (χ3n) is 2.55. The van der Waals surface area contributed by atoms with E-state index in [4.69, 9.17) is 4.74 Å². The number of allylic oxidation sites excluding steroid dienone is 5. The average Bonchev–Trinajstić information content (AvgIpc) is 2.77. The highest BCUT2D eigenvalue weighted by molar-refractivity contribution is 5.97. The second-order valence-corrected chi connectivity index (χ2v) is 3.89. The third-order valence-corrected chi connectivity index (χ3v) is 2.55. The summed E-state index contributed by atoms with van der Waals surface area (Å²) in [4.78, 5) is 22.4. The zero-order valence-electron chi connectivity index (χ0n) is 9.82. The van der Waals surface area contributed by atoms with Gasteiger partial charge in [-0.05, 0) is 31.9 Å². The van der Waals surface area contributed by atoms with Crippen molar-refractivity contribution in [1.82, 2.24) is 0 Å². The lowest BCUT2D eigenvalue weighted by atomic mass is 10.1. The number of hydrogen-bond donors (Lipinski definition) is 0. The van der Waals surface area contributed by atoms with E-state index in [-0.39, 0.29) is 12.4 Å². The monoisotopic (exact) mass is 220 g/mol. The first-order chi connectivity index (χ1) is 7.52. The standard InChI is InChI=1S/C13H16O3/c1-9(12-6-4-5-7-12)8-16-13(15)10(2)11(3)14/h4-7,10H,8H2,1-3H3. The van der Waals surface area contributed by atoms with Crippen LogP contribution in [0, 0.1) is 5.92 Å². The predicted octanol–water partition coefficient (Wildman–Crippen LogP) is 2.20. The summed E-state index contributed by atoms with van der Waals surface area (Å²) in [6.45, 7) is 5.09. The summed E-state index contributed by atoms with van der Waals surface area (Å²) in [5.74, 6) is -1.30. The summed E-state index contributed by atoms with van der Waals surface area (Å²) in [7, 11) is 0. The van der Waals surface area contributed by atoms with E-state index in [1.165, 1.54) is 6.92 Å². The van der Waals surface area contributed by atoms with Crippen molar-refractivity contribution >= 4 is 11.8 Å². The van der Waals surface area contributed by atoms with Crippen LogP contribution in [0.3, 0.4) is 0 Å². The van der Waals surface area contributed by atoms with Crippen molar-refractivity contribution in [2.45, 2.75) is 20.8 Å². The topological polar surface area (TPSA) is 43.4 Å². The Morgan fingerprint density at radius 2 is 1.81 bits per heavy atom. The summed E-state index contributed by atoms with van der Waals surface area (Å²) in [6, 6.07) is 0. The number of carbonyl (C=O) groups is 2. The number of hydrogen-bond acceptors (Lipinski definition) is 3.